The Hall–Kier alpha value is 0.0949. The van der Waals surface area contributed by atoms with Crippen molar-refractivity contribution in [1.82, 2.24) is 0 Å². The first kappa shape index (κ1) is 12.2. The summed E-state index contributed by atoms with van der Waals surface area (Å²) in [4.78, 5) is 16.9. The van der Waals surface area contributed by atoms with E-state index in [0.29, 0.717) is 6.42 Å². The molecule has 8 heteroatoms. The molecule has 80 valence electrons. The second-order valence-electron chi connectivity index (χ2n) is 3.01. The summed E-state index contributed by atoms with van der Waals surface area (Å²) in [5, 5.41) is 0. The highest BCUT2D eigenvalue weighted by molar-refractivity contribution is 7.46. The summed E-state index contributed by atoms with van der Waals surface area (Å²) in [7, 11) is 2.51. The summed E-state index contributed by atoms with van der Waals surface area (Å²) in [6, 6.07) is -0.467. The number of phosphoric ester groups is 1. The minimum Gasteiger partial charge on any atom is -0.380 e. The fourth-order valence-corrected chi connectivity index (χ4v) is 1.65. The van der Waals surface area contributed by atoms with E-state index in [4.69, 9.17) is 27.1 Å². The van der Waals surface area contributed by atoms with E-state index in [0.717, 1.165) is 0 Å². The first-order chi connectivity index (χ1) is 6.42. The zero-order chi connectivity index (χ0) is 10.8. The Morgan fingerprint density at radius 1 is 1.64 bits per heavy atom. The van der Waals surface area contributed by atoms with Gasteiger partial charge in [-0.15, -0.1) is 0 Å². The van der Waals surface area contributed by atoms with Crippen LogP contribution in [0.25, 0.3) is 0 Å². The monoisotopic (exact) mass is 222 g/mol. The van der Waals surface area contributed by atoms with Gasteiger partial charge in [0, 0.05) is 13.1 Å². The summed E-state index contributed by atoms with van der Waals surface area (Å²) in [5.41, 5.74) is 0. The number of phosphoric acid groups is 1. The van der Waals surface area contributed by atoms with E-state index in [2.05, 4.69) is 4.52 Å². The molecular formula is C6H12BO6P. The third-order valence-corrected chi connectivity index (χ3v) is 2.42. The molecule has 1 aliphatic heterocycles. The van der Waals surface area contributed by atoms with Crippen molar-refractivity contribution in [2.24, 2.45) is 0 Å². The third-order valence-electron chi connectivity index (χ3n) is 1.94. The van der Waals surface area contributed by atoms with Gasteiger partial charge in [-0.2, -0.15) is 0 Å². The van der Waals surface area contributed by atoms with Gasteiger partial charge in [-0.05, 0) is 6.42 Å². The predicted molar refractivity (Wildman–Crippen MR) is 47.8 cm³/mol. The van der Waals surface area contributed by atoms with Gasteiger partial charge < -0.3 is 19.3 Å². The Kier molecular flexibility index (Phi) is 4.12. The Labute approximate surface area is 83.2 Å². The largest absolute Gasteiger partial charge is 0.469 e. The highest BCUT2D eigenvalue weighted by Gasteiger charge is 2.34. The minimum absolute atomic E-state index is 0.226. The van der Waals surface area contributed by atoms with E-state index in [1.807, 2.05) is 0 Å². The normalized spacial score (nSPS) is 33.5. The van der Waals surface area contributed by atoms with E-state index >= 15 is 0 Å². The van der Waals surface area contributed by atoms with E-state index < -0.39 is 19.9 Å². The molecular weight excluding hydrogens is 210 g/mol. The third kappa shape index (κ3) is 3.69. The number of hydrogen-bond donors (Lipinski definition) is 2. The number of ether oxygens (including phenoxy) is 2. The molecule has 1 fully saturated rings. The van der Waals surface area contributed by atoms with Crippen LogP contribution in [0.5, 0.6) is 0 Å². The molecule has 1 aliphatic rings. The molecule has 1 heterocycles. The molecule has 14 heavy (non-hydrogen) atoms. The molecule has 6 nitrogen and oxygen atoms in total. The molecule has 0 amide bonds. The molecule has 0 spiro atoms. The van der Waals surface area contributed by atoms with Crippen molar-refractivity contribution in [1.29, 1.82) is 0 Å². The summed E-state index contributed by atoms with van der Waals surface area (Å²) < 4.78 is 24.9. The second-order valence-corrected chi connectivity index (χ2v) is 4.25. The number of hydrogen-bond acceptors (Lipinski definition) is 4. The highest BCUT2D eigenvalue weighted by atomic mass is 31.2. The molecule has 0 aliphatic carbocycles. The van der Waals surface area contributed by atoms with Crippen LogP contribution >= 0.6 is 7.82 Å². The summed E-state index contributed by atoms with van der Waals surface area (Å²) in [5.74, 6) is 0. The lowest BCUT2D eigenvalue weighted by atomic mass is 9.96. The lowest BCUT2D eigenvalue weighted by molar-refractivity contribution is -0.0201. The molecule has 0 bridgehead atoms. The van der Waals surface area contributed by atoms with Crippen LogP contribution < -0.4 is 0 Å². The van der Waals surface area contributed by atoms with Gasteiger partial charge in [0.25, 0.3) is 0 Å². The van der Waals surface area contributed by atoms with E-state index in [1.54, 1.807) is 0 Å². The van der Waals surface area contributed by atoms with Crippen LogP contribution in [0, 0.1) is 0 Å². The zero-order valence-electron chi connectivity index (χ0n) is 7.70. The topological polar surface area (TPSA) is 85.2 Å². The summed E-state index contributed by atoms with van der Waals surface area (Å²) in [6.07, 6.45) is -0.315. The molecule has 0 saturated carbocycles. The van der Waals surface area contributed by atoms with Crippen LogP contribution in [0.4, 0.5) is 0 Å². The maximum Gasteiger partial charge on any atom is 0.469 e. The van der Waals surface area contributed by atoms with Gasteiger partial charge in [0.2, 0.25) is 0 Å². The molecule has 3 atom stereocenters. The first-order valence-corrected chi connectivity index (χ1v) is 5.59. The molecule has 0 aromatic rings. The van der Waals surface area contributed by atoms with Gasteiger partial charge in [-0.1, -0.05) is 0 Å². The second kappa shape index (κ2) is 4.74. The van der Waals surface area contributed by atoms with Gasteiger partial charge in [-0.25, -0.2) is 4.57 Å². The van der Waals surface area contributed by atoms with Crippen LogP contribution in [-0.4, -0.2) is 49.6 Å². The lowest BCUT2D eigenvalue weighted by Gasteiger charge is -2.17. The maximum atomic E-state index is 10.4. The Balaban J connectivity index is 2.40. The summed E-state index contributed by atoms with van der Waals surface area (Å²) >= 11 is 0. The van der Waals surface area contributed by atoms with Crippen molar-refractivity contribution < 1.29 is 28.3 Å². The quantitative estimate of drug-likeness (QED) is 0.487. The van der Waals surface area contributed by atoms with Crippen molar-refractivity contribution in [3.8, 4) is 0 Å². The highest BCUT2D eigenvalue weighted by Crippen LogP contribution is 2.37. The van der Waals surface area contributed by atoms with Gasteiger partial charge in [0.15, 0.2) is 0 Å². The van der Waals surface area contributed by atoms with Crippen LogP contribution in [0.15, 0.2) is 0 Å². The predicted octanol–water partition coefficient (Wildman–Crippen LogP) is -0.606. The average Bonchev–Trinajstić information content (AvgIpc) is 2.41. The molecule has 2 N–H and O–H groups in total. The van der Waals surface area contributed by atoms with E-state index in [1.165, 1.54) is 7.11 Å². The first-order valence-electron chi connectivity index (χ1n) is 4.06. The maximum absolute atomic E-state index is 10.4. The minimum atomic E-state index is -4.45. The van der Waals surface area contributed by atoms with Crippen LogP contribution in [-0.2, 0) is 18.6 Å². The van der Waals surface area contributed by atoms with E-state index in [-0.39, 0.29) is 12.7 Å². The molecule has 1 saturated heterocycles. The lowest BCUT2D eigenvalue weighted by Crippen LogP contribution is -2.27. The smallest absolute Gasteiger partial charge is 0.380 e. The van der Waals surface area contributed by atoms with Crippen LogP contribution in [0.1, 0.15) is 6.42 Å². The van der Waals surface area contributed by atoms with Gasteiger partial charge in [-0.3, -0.25) is 4.52 Å². The molecule has 2 radical (unpaired) electrons. The Morgan fingerprint density at radius 2 is 2.29 bits per heavy atom. The molecule has 0 aromatic carbocycles. The van der Waals surface area contributed by atoms with Crippen molar-refractivity contribution in [3.63, 3.8) is 0 Å². The van der Waals surface area contributed by atoms with Gasteiger partial charge in [0.05, 0.1) is 12.7 Å². The van der Waals surface area contributed by atoms with Crippen molar-refractivity contribution in [3.05, 3.63) is 0 Å². The van der Waals surface area contributed by atoms with E-state index in [9.17, 15) is 4.57 Å². The number of rotatable bonds is 4. The standard InChI is InChI=1S/C6H12BO6P/c1-11-4-2-6(7)13-5(4)3-12-14(8,9)10/h4-6H,2-3H2,1H3,(H2,8,9,10). The molecule has 3 unspecified atom stereocenters. The van der Waals surface area contributed by atoms with Crippen molar-refractivity contribution in [2.45, 2.75) is 24.6 Å². The fourth-order valence-electron chi connectivity index (χ4n) is 1.31. The van der Waals surface area contributed by atoms with Crippen LogP contribution in [0.3, 0.4) is 0 Å². The SMILES string of the molecule is [B]C1CC(OC)C(COP(=O)(O)O)O1. The zero-order valence-corrected chi connectivity index (χ0v) is 8.59. The number of methoxy groups -OCH3 is 1. The van der Waals surface area contributed by atoms with Crippen molar-refractivity contribution in [2.75, 3.05) is 13.7 Å². The molecule has 0 aromatic heterocycles. The Morgan fingerprint density at radius 3 is 2.79 bits per heavy atom. The Bertz CT molecular complexity index is 230. The average molecular weight is 222 g/mol. The van der Waals surface area contributed by atoms with Crippen molar-refractivity contribution >= 4 is 15.7 Å². The van der Waals surface area contributed by atoms with Crippen LogP contribution in [0.2, 0.25) is 0 Å². The van der Waals surface area contributed by atoms with Gasteiger partial charge >= 0.3 is 7.82 Å². The van der Waals surface area contributed by atoms with Gasteiger partial charge in [0.1, 0.15) is 14.0 Å². The fraction of sp³-hybridized carbons (Fsp3) is 1.00. The summed E-state index contributed by atoms with van der Waals surface area (Å²) in [6.45, 7) is -0.226. The molecule has 1 rings (SSSR count).